The molecule has 0 radical (unpaired) electrons. The summed E-state index contributed by atoms with van der Waals surface area (Å²) in [5.41, 5.74) is 7.40. The first-order valence-electron chi connectivity index (χ1n) is 4.05. The van der Waals surface area contributed by atoms with E-state index in [0.717, 1.165) is 5.56 Å². The lowest BCUT2D eigenvalue weighted by Crippen LogP contribution is -2.11. The molecule has 2 nitrogen and oxygen atoms in total. The van der Waals surface area contributed by atoms with E-state index in [9.17, 15) is 0 Å². The predicted molar refractivity (Wildman–Crippen MR) is 51.5 cm³/mol. The van der Waals surface area contributed by atoms with E-state index in [1.54, 1.807) is 0 Å². The number of nitrogens with one attached hydrogen (secondary N) is 1. The van der Waals surface area contributed by atoms with Crippen LogP contribution in [0.4, 0.5) is 0 Å². The van der Waals surface area contributed by atoms with Crippen LogP contribution in [0.25, 0.3) is 0 Å². The number of amidine groups is 1. The van der Waals surface area contributed by atoms with Crippen molar-refractivity contribution in [1.29, 1.82) is 5.41 Å². The van der Waals surface area contributed by atoms with Crippen LogP contribution in [0.15, 0.2) is 24.3 Å². The fourth-order valence-electron chi connectivity index (χ4n) is 1.07. The van der Waals surface area contributed by atoms with Gasteiger partial charge in [0.15, 0.2) is 0 Å². The van der Waals surface area contributed by atoms with Gasteiger partial charge in [-0.05, 0) is 17.5 Å². The van der Waals surface area contributed by atoms with Crippen molar-refractivity contribution in [2.45, 2.75) is 19.8 Å². The van der Waals surface area contributed by atoms with Crippen molar-refractivity contribution in [3.8, 4) is 0 Å². The Labute approximate surface area is 72.9 Å². The first-order valence-corrected chi connectivity index (χ1v) is 4.05. The van der Waals surface area contributed by atoms with Gasteiger partial charge in [0.25, 0.3) is 0 Å². The van der Waals surface area contributed by atoms with Crippen LogP contribution >= 0.6 is 0 Å². The third-order valence-corrected chi connectivity index (χ3v) is 1.86. The average molecular weight is 162 g/mol. The van der Waals surface area contributed by atoms with Crippen LogP contribution in [0.1, 0.15) is 30.9 Å². The molecule has 0 aliphatic rings. The molecule has 0 bridgehead atoms. The zero-order valence-electron chi connectivity index (χ0n) is 7.46. The summed E-state index contributed by atoms with van der Waals surface area (Å²) in [6, 6.07) is 7.81. The van der Waals surface area contributed by atoms with Crippen molar-refractivity contribution < 1.29 is 0 Å². The van der Waals surface area contributed by atoms with Crippen molar-refractivity contribution in [2.75, 3.05) is 0 Å². The van der Waals surface area contributed by atoms with Crippen LogP contribution in [0.3, 0.4) is 0 Å². The van der Waals surface area contributed by atoms with Gasteiger partial charge >= 0.3 is 0 Å². The minimum atomic E-state index is 0.137. The molecular weight excluding hydrogens is 148 g/mol. The van der Waals surface area contributed by atoms with E-state index < -0.39 is 0 Å². The Kier molecular flexibility index (Phi) is 2.48. The Bertz CT molecular complexity index is 290. The molecule has 3 N–H and O–H groups in total. The highest BCUT2D eigenvalue weighted by Gasteiger charge is 2.00. The summed E-state index contributed by atoms with van der Waals surface area (Å²) in [7, 11) is 0. The molecule has 12 heavy (non-hydrogen) atoms. The summed E-state index contributed by atoms with van der Waals surface area (Å²) >= 11 is 0. The molecular formula is C10H14N2. The van der Waals surface area contributed by atoms with Crippen LogP contribution in [-0.2, 0) is 0 Å². The lowest BCUT2D eigenvalue weighted by Gasteiger charge is -2.06. The molecule has 0 aliphatic carbocycles. The van der Waals surface area contributed by atoms with Gasteiger partial charge in [-0.15, -0.1) is 0 Å². The lowest BCUT2D eigenvalue weighted by atomic mass is 10.0. The number of hydrogen-bond donors (Lipinski definition) is 2. The molecule has 1 aromatic carbocycles. The molecule has 1 rings (SSSR count). The van der Waals surface area contributed by atoms with Gasteiger partial charge in [0.2, 0.25) is 0 Å². The smallest absolute Gasteiger partial charge is 0.122 e. The fraction of sp³-hybridized carbons (Fsp3) is 0.300. The molecule has 1 aromatic rings. The quantitative estimate of drug-likeness (QED) is 0.507. The molecule has 0 spiro atoms. The van der Waals surface area contributed by atoms with Crippen LogP contribution in [-0.4, -0.2) is 5.84 Å². The second-order valence-electron chi connectivity index (χ2n) is 3.19. The maximum Gasteiger partial charge on any atom is 0.122 e. The molecule has 0 aliphatic heterocycles. The Morgan fingerprint density at radius 3 is 2.58 bits per heavy atom. The van der Waals surface area contributed by atoms with E-state index in [1.807, 2.05) is 18.2 Å². The Morgan fingerprint density at radius 2 is 2.08 bits per heavy atom. The largest absolute Gasteiger partial charge is 0.384 e. The number of benzene rings is 1. The van der Waals surface area contributed by atoms with Gasteiger partial charge in [-0.3, -0.25) is 5.41 Å². The molecule has 0 fully saturated rings. The van der Waals surface area contributed by atoms with E-state index in [4.69, 9.17) is 11.1 Å². The van der Waals surface area contributed by atoms with Gasteiger partial charge in [0, 0.05) is 5.56 Å². The van der Waals surface area contributed by atoms with Gasteiger partial charge in [-0.1, -0.05) is 32.0 Å². The zero-order valence-corrected chi connectivity index (χ0v) is 7.46. The third-order valence-electron chi connectivity index (χ3n) is 1.86. The first kappa shape index (κ1) is 8.78. The SMILES string of the molecule is CC(C)c1cccc(C(=N)N)c1. The van der Waals surface area contributed by atoms with Crippen LogP contribution in [0.5, 0.6) is 0 Å². The molecule has 0 saturated carbocycles. The van der Waals surface area contributed by atoms with Crippen molar-refractivity contribution >= 4 is 5.84 Å². The molecule has 0 unspecified atom stereocenters. The topological polar surface area (TPSA) is 49.9 Å². The Balaban J connectivity index is 3.04. The van der Waals surface area contributed by atoms with Crippen LogP contribution in [0, 0.1) is 5.41 Å². The molecule has 64 valence electrons. The summed E-state index contributed by atoms with van der Waals surface area (Å²) in [6.45, 7) is 4.25. The Hall–Kier alpha value is -1.31. The monoisotopic (exact) mass is 162 g/mol. The summed E-state index contributed by atoms with van der Waals surface area (Å²) in [5.74, 6) is 0.627. The fourth-order valence-corrected chi connectivity index (χ4v) is 1.07. The normalized spacial score (nSPS) is 10.2. The summed E-state index contributed by atoms with van der Waals surface area (Å²) in [6.07, 6.45) is 0. The van der Waals surface area contributed by atoms with E-state index in [-0.39, 0.29) is 5.84 Å². The van der Waals surface area contributed by atoms with Crippen molar-refractivity contribution in [1.82, 2.24) is 0 Å². The number of nitrogen functional groups attached to an aromatic ring is 1. The van der Waals surface area contributed by atoms with Crippen molar-refractivity contribution in [2.24, 2.45) is 5.73 Å². The zero-order chi connectivity index (χ0) is 9.14. The van der Waals surface area contributed by atoms with Gasteiger partial charge in [0.05, 0.1) is 0 Å². The highest BCUT2D eigenvalue weighted by Crippen LogP contribution is 2.14. The minimum absolute atomic E-state index is 0.137. The first-order chi connectivity index (χ1) is 5.61. The number of nitrogens with two attached hydrogens (primary N) is 1. The summed E-state index contributed by atoms with van der Waals surface area (Å²) in [5, 5.41) is 7.25. The second-order valence-corrected chi connectivity index (χ2v) is 3.19. The van der Waals surface area contributed by atoms with Crippen molar-refractivity contribution in [3.05, 3.63) is 35.4 Å². The summed E-state index contributed by atoms with van der Waals surface area (Å²) < 4.78 is 0. The van der Waals surface area contributed by atoms with E-state index in [2.05, 4.69) is 19.9 Å². The molecule has 2 heteroatoms. The van der Waals surface area contributed by atoms with Crippen molar-refractivity contribution in [3.63, 3.8) is 0 Å². The van der Waals surface area contributed by atoms with Crippen LogP contribution in [0.2, 0.25) is 0 Å². The average Bonchev–Trinajstić information content (AvgIpc) is 2.04. The van der Waals surface area contributed by atoms with E-state index >= 15 is 0 Å². The van der Waals surface area contributed by atoms with Gasteiger partial charge in [-0.2, -0.15) is 0 Å². The Morgan fingerprint density at radius 1 is 1.42 bits per heavy atom. The lowest BCUT2D eigenvalue weighted by molar-refractivity contribution is 0.866. The number of hydrogen-bond acceptors (Lipinski definition) is 1. The predicted octanol–water partition coefficient (Wildman–Crippen LogP) is 2.09. The van der Waals surface area contributed by atoms with Gasteiger partial charge < -0.3 is 5.73 Å². The maximum atomic E-state index is 7.25. The van der Waals surface area contributed by atoms with Crippen LogP contribution < -0.4 is 5.73 Å². The highest BCUT2D eigenvalue weighted by molar-refractivity contribution is 5.95. The molecule has 0 aromatic heterocycles. The highest BCUT2D eigenvalue weighted by atomic mass is 14.7. The third kappa shape index (κ3) is 1.84. The maximum absolute atomic E-state index is 7.25. The second kappa shape index (κ2) is 3.39. The molecule has 0 atom stereocenters. The van der Waals surface area contributed by atoms with Gasteiger partial charge in [0.1, 0.15) is 5.84 Å². The van der Waals surface area contributed by atoms with E-state index in [1.165, 1.54) is 5.56 Å². The van der Waals surface area contributed by atoms with E-state index in [0.29, 0.717) is 5.92 Å². The molecule has 0 saturated heterocycles. The summed E-state index contributed by atoms with van der Waals surface area (Å²) in [4.78, 5) is 0. The molecule has 0 heterocycles. The number of rotatable bonds is 2. The minimum Gasteiger partial charge on any atom is -0.384 e. The standard InChI is InChI=1S/C10H14N2/c1-7(2)8-4-3-5-9(6-8)10(11)12/h3-7H,1-2H3,(H3,11,12). The molecule has 0 amide bonds. The van der Waals surface area contributed by atoms with Gasteiger partial charge in [-0.25, -0.2) is 0 Å².